The molecule has 0 bridgehead atoms. The lowest BCUT2D eigenvalue weighted by Gasteiger charge is -2.22. The zero-order valence-electron chi connectivity index (χ0n) is 13.9. The zero-order chi connectivity index (χ0) is 17.6. The predicted molar refractivity (Wildman–Crippen MR) is 93.6 cm³/mol. The summed E-state index contributed by atoms with van der Waals surface area (Å²) in [5, 5.41) is 12.2. The highest BCUT2D eigenvalue weighted by Crippen LogP contribution is 2.27. The van der Waals surface area contributed by atoms with E-state index in [0.29, 0.717) is 18.1 Å². The van der Waals surface area contributed by atoms with Crippen LogP contribution in [0.3, 0.4) is 0 Å². The summed E-state index contributed by atoms with van der Waals surface area (Å²) in [6, 6.07) is 15.8. The smallest absolute Gasteiger partial charge is 0.335 e. The van der Waals surface area contributed by atoms with Gasteiger partial charge in [-0.25, -0.2) is 4.79 Å². The van der Waals surface area contributed by atoms with Crippen molar-refractivity contribution in [3.63, 3.8) is 0 Å². The molecular formula is C20H21NO4. The first-order valence-electron chi connectivity index (χ1n) is 8.40. The monoisotopic (exact) mass is 339 g/mol. The Labute approximate surface area is 146 Å². The number of carbonyl (C=O) groups excluding carboxylic acids is 1. The number of carboxylic acid groups (broad SMARTS) is 1. The van der Waals surface area contributed by atoms with Crippen molar-refractivity contribution in [1.82, 2.24) is 5.32 Å². The second-order valence-electron chi connectivity index (χ2n) is 6.29. The summed E-state index contributed by atoms with van der Waals surface area (Å²) in [5.41, 5.74) is 1.49. The fraction of sp³-hybridized carbons (Fsp3) is 0.300. The number of ether oxygens (including phenoxy) is 1. The quantitative estimate of drug-likeness (QED) is 0.847. The largest absolute Gasteiger partial charge is 0.478 e. The highest BCUT2D eigenvalue weighted by molar-refractivity contribution is 5.97. The molecule has 5 heteroatoms. The van der Waals surface area contributed by atoms with Gasteiger partial charge in [-0.15, -0.1) is 0 Å². The van der Waals surface area contributed by atoms with Crippen LogP contribution in [0, 0.1) is 5.92 Å². The van der Waals surface area contributed by atoms with Crippen LogP contribution in [0.25, 0.3) is 0 Å². The summed E-state index contributed by atoms with van der Waals surface area (Å²) in [6.07, 6.45) is 1.79. The standard InChI is InChI=1S/C20H21NO4/c22-19(16-7-4-8-17(12-16)20(23)24)21-18(11-14-9-10-25-13-14)15-5-2-1-3-6-15/h1-8,12,14,18H,9-11,13H2,(H,21,22)(H,23,24)/t14-,18+/m1/s1. The molecule has 3 rings (SSSR count). The Kier molecular flexibility index (Phi) is 5.46. The molecule has 2 N–H and O–H groups in total. The Bertz CT molecular complexity index is 738. The summed E-state index contributed by atoms with van der Waals surface area (Å²) >= 11 is 0. The molecule has 1 saturated heterocycles. The van der Waals surface area contributed by atoms with E-state index in [1.165, 1.54) is 12.1 Å². The number of benzene rings is 2. The summed E-state index contributed by atoms with van der Waals surface area (Å²) in [6.45, 7) is 1.48. The molecule has 1 amide bonds. The van der Waals surface area contributed by atoms with Gasteiger partial charge in [0.15, 0.2) is 0 Å². The van der Waals surface area contributed by atoms with Crippen molar-refractivity contribution in [1.29, 1.82) is 0 Å². The van der Waals surface area contributed by atoms with Crippen molar-refractivity contribution in [2.45, 2.75) is 18.9 Å². The van der Waals surface area contributed by atoms with Gasteiger partial charge in [-0.2, -0.15) is 0 Å². The molecule has 130 valence electrons. The number of carboxylic acids is 1. The number of rotatable bonds is 6. The average molecular weight is 339 g/mol. The first-order chi connectivity index (χ1) is 12.1. The van der Waals surface area contributed by atoms with E-state index >= 15 is 0 Å². The normalized spacial score (nSPS) is 17.8. The molecule has 0 saturated carbocycles. The van der Waals surface area contributed by atoms with Crippen LogP contribution in [0.1, 0.15) is 45.2 Å². The van der Waals surface area contributed by atoms with Crippen LogP contribution in [-0.4, -0.2) is 30.2 Å². The highest BCUT2D eigenvalue weighted by atomic mass is 16.5. The van der Waals surface area contributed by atoms with E-state index in [0.717, 1.165) is 25.0 Å². The van der Waals surface area contributed by atoms with Gasteiger partial charge in [-0.05, 0) is 42.5 Å². The van der Waals surface area contributed by atoms with Crippen molar-refractivity contribution < 1.29 is 19.4 Å². The van der Waals surface area contributed by atoms with Crippen LogP contribution >= 0.6 is 0 Å². The molecule has 1 heterocycles. The molecule has 2 atom stereocenters. The molecule has 2 aromatic rings. The summed E-state index contributed by atoms with van der Waals surface area (Å²) in [7, 11) is 0. The third-order valence-electron chi connectivity index (χ3n) is 4.47. The number of carbonyl (C=O) groups is 2. The lowest BCUT2D eigenvalue weighted by atomic mass is 9.94. The Morgan fingerprint density at radius 1 is 1.12 bits per heavy atom. The molecule has 0 aromatic heterocycles. The molecule has 0 spiro atoms. The van der Waals surface area contributed by atoms with E-state index in [4.69, 9.17) is 9.84 Å². The van der Waals surface area contributed by atoms with E-state index in [1.807, 2.05) is 30.3 Å². The van der Waals surface area contributed by atoms with Gasteiger partial charge < -0.3 is 15.2 Å². The molecule has 0 radical (unpaired) electrons. The van der Waals surface area contributed by atoms with Gasteiger partial charge in [0.1, 0.15) is 0 Å². The molecule has 1 aliphatic rings. The fourth-order valence-corrected chi connectivity index (χ4v) is 3.10. The summed E-state index contributed by atoms with van der Waals surface area (Å²) in [5.74, 6) is -0.899. The minimum Gasteiger partial charge on any atom is -0.478 e. The molecule has 25 heavy (non-hydrogen) atoms. The van der Waals surface area contributed by atoms with Crippen LogP contribution in [0.5, 0.6) is 0 Å². The van der Waals surface area contributed by atoms with Gasteiger partial charge in [0.05, 0.1) is 11.6 Å². The topological polar surface area (TPSA) is 75.6 Å². The van der Waals surface area contributed by atoms with Gasteiger partial charge in [-0.3, -0.25) is 4.79 Å². The lowest BCUT2D eigenvalue weighted by Crippen LogP contribution is -2.30. The Balaban J connectivity index is 1.78. The second-order valence-corrected chi connectivity index (χ2v) is 6.29. The van der Waals surface area contributed by atoms with Crippen molar-refractivity contribution in [3.05, 3.63) is 71.3 Å². The molecular weight excluding hydrogens is 318 g/mol. The van der Waals surface area contributed by atoms with Crippen molar-refractivity contribution in [2.75, 3.05) is 13.2 Å². The molecule has 0 aliphatic carbocycles. The Morgan fingerprint density at radius 2 is 1.88 bits per heavy atom. The molecule has 0 unspecified atom stereocenters. The van der Waals surface area contributed by atoms with E-state index < -0.39 is 5.97 Å². The zero-order valence-corrected chi connectivity index (χ0v) is 13.9. The number of hydrogen-bond acceptors (Lipinski definition) is 3. The lowest BCUT2D eigenvalue weighted by molar-refractivity contribution is 0.0697. The van der Waals surface area contributed by atoms with Crippen LogP contribution < -0.4 is 5.32 Å². The van der Waals surface area contributed by atoms with Crippen molar-refractivity contribution >= 4 is 11.9 Å². The minimum absolute atomic E-state index is 0.105. The van der Waals surface area contributed by atoms with Crippen LogP contribution in [0.15, 0.2) is 54.6 Å². The number of hydrogen-bond donors (Lipinski definition) is 2. The molecule has 2 aromatic carbocycles. The van der Waals surface area contributed by atoms with Gasteiger partial charge in [0, 0.05) is 18.8 Å². The first kappa shape index (κ1) is 17.2. The van der Waals surface area contributed by atoms with Gasteiger partial charge in [0.25, 0.3) is 5.91 Å². The average Bonchev–Trinajstić information content (AvgIpc) is 3.15. The third kappa shape index (κ3) is 4.45. The van der Waals surface area contributed by atoms with Crippen molar-refractivity contribution in [2.24, 2.45) is 5.92 Å². The van der Waals surface area contributed by atoms with E-state index in [-0.39, 0.29) is 17.5 Å². The second kappa shape index (κ2) is 7.94. The Morgan fingerprint density at radius 3 is 2.56 bits per heavy atom. The predicted octanol–water partition coefficient (Wildman–Crippen LogP) is 3.28. The molecule has 1 fully saturated rings. The number of aromatic carboxylic acids is 1. The molecule has 1 aliphatic heterocycles. The summed E-state index contributed by atoms with van der Waals surface area (Å²) in [4.78, 5) is 23.7. The van der Waals surface area contributed by atoms with E-state index in [1.54, 1.807) is 12.1 Å². The maximum Gasteiger partial charge on any atom is 0.335 e. The van der Waals surface area contributed by atoms with Gasteiger partial charge in [0.2, 0.25) is 0 Å². The number of nitrogens with one attached hydrogen (secondary N) is 1. The fourth-order valence-electron chi connectivity index (χ4n) is 3.10. The first-order valence-corrected chi connectivity index (χ1v) is 8.40. The maximum atomic E-state index is 12.6. The van der Waals surface area contributed by atoms with Gasteiger partial charge >= 0.3 is 5.97 Å². The Hall–Kier alpha value is -2.66. The highest BCUT2D eigenvalue weighted by Gasteiger charge is 2.23. The number of amides is 1. The SMILES string of the molecule is O=C(O)c1cccc(C(=O)N[C@@H](C[C@H]2CCOC2)c2ccccc2)c1. The van der Waals surface area contributed by atoms with Gasteiger partial charge in [-0.1, -0.05) is 36.4 Å². The van der Waals surface area contributed by atoms with E-state index in [2.05, 4.69) is 5.32 Å². The van der Waals surface area contributed by atoms with Crippen LogP contribution in [-0.2, 0) is 4.74 Å². The van der Waals surface area contributed by atoms with Crippen LogP contribution in [0.2, 0.25) is 0 Å². The van der Waals surface area contributed by atoms with E-state index in [9.17, 15) is 9.59 Å². The summed E-state index contributed by atoms with van der Waals surface area (Å²) < 4.78 is 5.45. The molecule has 5 nitrogen and oxygen atoms in total. The van der Waals surface area contributed by atoms with Crippen molar-refractivity contribution in [3.8, 4) is 0 Å². The third-order valence-corrected chi connectivity index (χ3v) is 4.47. The van der Waals surface area contributed by atoms with Crippen LogP contribution in [0.4, 0.5) is 0 Å². The maximum absolute atomic E-state index is 12.6. The minimum atomic E-state index is -1.04.